The highest BCUT2D eigenvalue weighted by Gasteiger charge is 2.16. The molecule has 0 amide bonds. The number of aryl methyl sites for hydroxylation is 1. The van der Waals surface area contributed by atoms with Gasteiger partial charge >= 0.3 is 0 Å². The molecule has 0 aliphatic heterocycles. The van der Waals surface area contributed by atoms with Gasteiger partial charge in [0.15, 0.2) is 0 Å². The number of benzene rings is 4. The minimum absolute atomic E-state index is 0.0521. The van der Waals surface area contributed by atoms with Crippen LogP contribution in [-0.4, -0.2) is 25.5 Å². The van der Waals surface area contributed by atoms with E-state index in [9.17, 15) is 0 Å². The lowest BCUT2D eigenvalue weighted by atomic mass is 9.86. The van der Waals surface area contributed by atoms with Crippen molar-refractivity contribution in [3.63, 3.8) is 0 Å². The molecular weight excluding hydrogens is 304 g/mol. The summed E-state index contributed by atoms with van der Waals surface area (Å²) in [5.41, 5.74) is 9.08. The van der Waals surface area contributed by atoms with Crippen LogP contribution in [0.4, 0.5) is 0 Å². The molecule has 2 N–H and O–H groups in total. The van der Waals surface area contributed by atoms with Crippen LogP contribution < -0.4 is 5.73 Å². The Hall–Kier alpha value is -2.16. The predicted molar refractivity (Wildman–Crippen MR) is 110 cm³/mol. The first-order valence-corrected chi connectivity index (χ1v) is 9.16. The molecule has 0 bridgehead atoms. The van der Waals surface area contributed by atoms with Gasteiger partial charge in [0.25, 0.3) is 0 Å². The van der Waals surface area contributed by atoms with Gasteiger partial charge in [0.2, 0.25) is 0 Å². The van der Waals surface area contributed by atoms with Gasteiger partial charge < -0.3 is 10.6 Å². The van der Waals surface area contributed by atoms with Gasteiger partial charge in [-0.1, -0.05) is 42.5 Å². The maximum Gasteiger partial charge on any atom is 0.0269 e. The molecular formula is C23H26N2. The van der Waals surface area contributed by atoms with Crippen molar-refractivity contribution in [2.45, 2.75) is 25.8 Å². The van der Waals surface area contributed by atoms with Gasteiger partial charge in [-0.25, -0.2) is 0 Å². The highest BCUT2D eigenvalue weighted by molar-refractivity contribution is 6.23. The van der Waals surface area contributed by atoms with Crippen LogP contribution in [0.5, 0.6) is 0 Å². The van der Waals surface area contributed by atoms with Crippen LogP contribution in [0.25, 0.3) is 32.3 Å². The lowest BCUT2D eigenvalue weighted by Gasteiger charge is -2.20. The fourth-order valence-corrected chi connectivity index (χ4v) is 4.15. The van der Waals surface area contributed by atoms with E-state index in [1.165, 1.54) is 43.4 Å². The first kappa shape index (κ1) is 16.3. The number of rotatable bonds is 5. The number of nitrogens with zero attached hydrogens (tertiary/aromatic N) is 1. The van der Waals surface area contributed by atoms with Crippen LogP contribution in [0.15, 0.2) is 48.5 Å². The first-order valence-electron chi connectivity index (χ1n) is 9.16. The third kappa shape index (κ3) is 2.76. The normalized spacial score (nSPS) is 13.5. The zero-order valence-corrected chi connectivity index (χ0v) is 15.3. The molecule has 0 saturated carbocycles. The Labute approximate surface area is 149 Å². The maximum atomic E-state index is 6.35. The lowest BCUT2D eigenvalue weighted by Crippen LogP contribution is -2.15. The standard InChI is InChI=1S/C23H26N2/c1-15(24)21-14-18-10-9-16-6-4-7-17-11-12-20(23(18)22(16)17)19(21)8-5-13-25(2)3/h4,6-7,9-12,14-15H,5,8,13,24H2,1-3H3. The van der Waals surface area contributed by atoms with Crippen molar-refractivity contribution in [1.82, 2.24) is 4.90 Å². The van der Waals surface area contributed by atoms with Crippen molar-refractivity contribution in [1.29, 1.82) is 0 Å². The average Bonchev–Trinajstić information content (AvgIpc) is 2.59. The summed E-state index contributed by atoms with van der Waals surface area (Å²) >= 11 is 0. The SMILES string of the molecule is CC(N)c1cc2ccc3cccc4ccc(c1CCCN(C)C)c2c34. The van der Waals surface area contributed by atoms with Gasteiger partial charge in [0, 0.05) is 6.04 Å². The lowest BCUT2D eigenvalue weighted by molar-refractivity contribution is 0.400. The summed E-state index contributed by atoms with van der Waals surface area (Å²) in [6.45, 7) is 3.20. The molecule has 2 heteroatoms. The Kier molecular flexibility index (Phi) is 4.10. The molecule has 1 unspecified atom stereocenters. The smallest absolute Gasteiger partial charge is 0.0269 e. The molecule has 4 aromatic rings. The molecule has 4 rings (SSSR count). The molecule has 25 heavy (non-hydrogen) atoms. The third-order valence-corrected chi connectivity index (χ3v) is 5.32. The van der Waals surface area contributed by atoms with Gasteiger partial charge in [-0.3, -0.25) is 0 Å². The van der Waals surface area contributed by atoms with Crippen molar-refractivity contribution < 1.29 is 0 Å². The number of nitrogens with two attached hydrogens (primary N) is 1. The van der Waals surface area contributed by atoms with Crippen LogP contribution in [0.3, 0.4) is 0 Å². The Morgan fingerprint density at radius 2 is 1.60 bits per heavy atom. The molecule has 1 atom stereocenters. The molecule has 0 fully saturated rings. The van der Waals surface area contributed by atoms with Gasteiger partial charge in [-0.15, -0.1) is 0 Å². The second-order valence-corrected chi connectivity index (χ2v) is 7.50. The molecule has 0 saturated heterocycles. The predicted octanol–water partition coefficient (Wildman–Crippen LogP) is 5.10. The van der Waals surface area contributed by atoms with Crippen molar-refractivity contribution in [3.05, 3.63) is 59.7 Å². The van der Waals surface area contributed by atoms with Crippen molar-refractivity contribution in [3.8, 4) is 0 Å². The summed E-state index contributed by atoms with van der Waals surface area (Å²) in [5.74, 6) is 0. The summed E-state index contributed by atoms with van der Waals surface area (Å²) < 4.78 is 0. The van der Waals surface area contributed by atoms with Crippen LogP contribution in [-0.2, 0) is 6.42 Å². The van der Waals surface area contributed by atoms with E-state index in [2.05, 4.69) is 74.4 Å². The average molecular weight is 330 g/mol. The minimum atomic E-state index is 0.0521. The molecule has 2 nitrogen and oxygen atoms in total. The van der Waals surface area contributed by atoms with Gasteiger partial charge in [-0.2, -0.15) is 0 Å². The van der Waals surface area contributed by atoms with Crippen molar-refractivity contribution >= 4 is 32.3 Å². The topological polar surface area (TPSA) is 29.3 Å². The molecule has 4 aromatic carbocycles. The third-order valence-electron chi connectivity index (χ3n) is 5.32. The fourth-order valence-electron chi connectivity index (χ4n) is 4.15. The molecule has 0 aliphatic carbocycles. The van der Waals surface area contributed by atoms with Gasteiger partial charge in [0.05, 0.1) is 0 Å². The minimum Gasteiger partial charge on any atom is -0.324 e. The summed E-state index contributed by atoms with van der Waals surface area (Å²) in [5, 5.41) is 8.13. The molecule has 0 radical (unpaired) electrons. The highest BCUT2D eigenvalue weighted by Crippen LogP contribution is 2.38. The summed E-state index contributed by atoms with van der Waals surface area (Å²) in [6, 6.07) is 18.0. The summed E-state index contributed by atoms with van der Waals surface area (Å²) in [6.07, 6.45) is 2.22. The van der Waals surface area contributed by atoms with Crippen LogP contribution in [0.1, 0.15) is 30.5 Å². The monoisotopic (exact) mass is 330 g/mol. The summed E-state index contributed by atoms with van der Waals surface area (Å²) in [7, 11) is 4.27. The van der Waals surface area contributed by atoms with Gasteiger partial charge in [-0.05, 0) is 89.9 Å². The van der Waals surface area contributed by atoms with Gasteiger partial charge in [0.1, 0.15) is 0 Å². The van der Waals surface area contributed by atoms with E-state index in [4.69, 9.17) is 5.73 Å². The van der Waals surface area contributed by atoms with Crippen LogP contribution >= 0.6 is 0 Å². The van der Waals surface area contributed by atoms with Crippen molar-refractivity contribution in [2.75, 3.05) is 20.6 Å². The van der Waals surface area contributed by atoms with E-state index in [0.717, 1.165) is 19.4 Å². The second kappa shape index (κ2) is 6.29. The highest BCUT2D eigenvalue weighted by atomic mass is 15.0. The van der Waals surface area contributed by atoms with E-state index in [-0.39, 0.29) is 6.04 Å². The quantitative estimate of drug-likeness (QED) is 0.516. The second-order valence-electron chi connectivity index (χ2n) is 7.50. The molecule has 128 valence electrons. The number of hydrogen-bond donors (Lipinski definition) is 1. The van der Waals surface area contributed by atoms with E-state index in [0.29, 0.717) is 0 Å². The Morgan fingerprint density at radius 3 is 2.28 bits per heavy atom. The number of hydrogen-bond acceptors (Lipinski definition) is 2. The Morgan fingerprint density at radius 1 is 0.920 bits per heavy atom. The first-order chi connectivity index (χ1) is 12.1. The summed E-state index contributed by atoms with van der Waals surface area (Å²) in [4.78, 5) is 2.25. The molecule has 0 spiro atoms. The van der Waals surface area contributed by atoms with Crippen LogP contribution in [0, 0.1) is 0 Å². The largest absolute Gasteiger partial charge is 0.324 e. The van der Waals surface area contributed by atoms with E-state index >= 15 is 0 Å². The Bertz CT molecular complexity index is 1010. The molecule has 0 heterocycles. The Balaban J connectivity index is 2.01. The fraction of sp³-hybridized carbons (Fsp3) is 0.304. The zero-order valence-electron chi connectivity index (χ0n) is 15.3. The van der Waals surface area contributed by atoms with Crippen LogP contribution in [0.2, 0.25) is 0 Å². The zero-order chi connectivity index (χ0) is 17.6. The molecule has 0 aliphatic rings. The maximum absolute atomic E-state index is 6.35. The molecule has 0 aromatic heterocycles. The van der Waals surface area contributed by atoms with E-state index < -0.39 is 0 Å². The van der Waals surface area contributed by atoms with Crippen molar-refractivity contribution in [2.24, 2.45) is 5.73 Å². The van der Waals surface area contributed by atoms with E-state index in [1.807, 2.05) is 0 Å². The van der Waals surface area contributed by atoms with E-state index in [1.54, 1.807) is 0 Å².